The molecule has 6 heteroatoms. The van der Waals surface area contributed by atoms with E-state index in [2.05, 4.69) is 5.32 Å². The molecule has 3 rings (SSSR count). The molecule has 0 saturated heterocycles. The van der Waals surface area contributed by atoms with E-state index < -0.39 is 11.7 Å². The summed E-state index contributed by atoms with van der Waals surface area (Å²) in [5, 5.41) is 13.8. The third-order valence-electron chi connectivity index (χ3n) is 4.06. The second kappa shape index (κ2) is 8.55. The van der Waals surface area contributed by atoms with Crippen molar-refractivity contribution in [1.29, 1.82) is 5.26 Å². The van der Waals surface area contributed by atoms with Crippen molar-refractivity contribution in [3.63, 3.8) is 0 Å². The van der Waals surface area contributed by atoms with Gasteiger partial charge in [0.1, 0.15) is 23.2 Å². The first-order valence-electron chi connectivity index (χ1n) is 8.56. The summed E-state index contributed by atoms with van der Waals surface area (Å²) in [6.45, 7) is 2.31. The summed E-state index contributed by atoms with van der Waals surface area (Å²) < 4.78 is 19.0. The summed E-state index contributed by atoms with van der Waals surface area (Å²) in [6, 6.07) is 17.1. The molecule has 28 heavy (non-hydrogen) atoms. The number of fused-ring (bicyclic) bond motifs is 1. The third kappa shape index (κ3) is 4.13. The number of nitrogens with one attached hydrogen (secondary N) is 1. The summed E-state index contributed by atoms with van der Waals surface area (Å²) in [5.41, 5.74) is 0.821. The Kier molecular flexibility index (Phi) is 5.93. The molecular weight excluding hydrogens is 379 g/mol. The van der Waals surface area contributed by atoms with Crippen LogP contribution in [-0.4, -0.2) is 12.5 Å². The first kappa shape index (κ1) is 19.4. The van der Waals surface area contributed by atoms with Gasteiger partial charge in [0, 0.05) is 11.3 Å². The standard InChI is InChI=1S/C22H16ClFN2O2/c1-2-28-21-10-7-14-5-3-4-6-17(14)18(21)11-15(13-25)22(27)26-16-8-9-20(24)19(23)12-16/h3-12H,2H2,1H3,(H,26,27)/b15-11+. The lowest BCUT2D eigenvalue weighted by Crippen LogP contribution is -2.13. The molecule has 0 unspecified atom stereocenters. The lowest BCUT2D eigenvalue weighted by molar-refractivity contribution is -0.112. The maximum Gasteiger partial charge on any atom is 0.266 e. The van der Waals surface area contributed by atoms with Gasteiger partial charge in [0.15, 0.2) is 0 Å². The van der Waals surface area contributed by atoms with Crippen molar-refractivity contribution in [3.8, 4) is 11.8 Å². The maximum atomic E-state index is 13.3. The van der Waals surface area contributed by atoms with Gasteiger partial charge in [-0.2, -0.15) is 5.26 Å². The van der Waals surface area contributed by atoms with Crippen molar-refractivity contribution >= 4 is 40.0 Å². The summed E-state index contributed by atoms with van der Waals surface area (Å²) >= 11 is 5.74. The molecule has 0 bridgehead atoms. The number of ether oxygens (including phenoxy) is 1. The summed E-state index contributed by atoms with van der Waals surface area (Å²) in [5.74, 6) is -0.639. The van der Waals surface area contributed by atoms with Gasteiger partial charge in [-0.1, -0.05) is 41.9 Å². The first-order valence-corrected chi connectivity index (χ1v) is 8.94. The van der Waals surface area contributed by atoms with Crippen LogP contribution in [0, 0.1) is 17.1 Å². The Morgan fingerprint density at radius 2 is 2.04 bits per heavy atom. The summed E-state index contributed by atoms with van der Waals surface area (Å²) in [4.78, 5) is 12.6. The number of hydrogen-bond donors (Lipinski definition) is 1. The van der Waals surface area contributed by atoms with Crippen LogP contribution in [0.15, 0.2) is 60.2 Å². The fraction of sp³-hybridized carbons (Fsp3) is 0.0909. The molecule has 0 radical (unpaired) electrons. The van der Waals surface area contributed by atoms with Crippen molar-refractivity contribution in [2.45, 2.75) is 6.92 Å². The van der Waals surface area contributed by atoms with E-state index in [9.17, 15) is 14.4 Å². The average molecular weight is 395 g/mol. The number of halogens is 2. The molecule has 1 N–H and O–H groups in total. The van der Waals surface area contributed by atoms with Crippen LogP contribution in [0.25, 0.3) is 16.8 Å². The molecule has 0 aromatic heterocycles. The SMILES string of the molecule is CCOc1ccc2ccccc2c1/C=C(\C#N)C(=O)Nc1ccc(F)c(Cl)c1. The number of nitrogens with zero attached hydrogens (tertiary/aromatic N) is 1. The lowest BCUT2D eigenvalue weighted by atomic mass is 10.0. The zero-order valence-corrected chi connectivity index (χ0v) is 15.8. The Hall–Kier alpha value is -3.36. The molecule has 0 fully saturated rings. The molecule has 1 amide bonds. The molecule has 140 valence electrons. The third-order valence-corrected chi connectivity index (χ3v) is 4.35. The Balaban J connectivity index is 2.02. The number of benzene rings is 3. The van der Waals surface area contributed by atoms with E-state index in [1.807, 2.05) is 49.4 Å². The van der Waals surface area contributed by atoms with E-state index >= 15 is 0 Å². The topological polar surface area (TPSA) is 62.1 Å². The zero-order valence-electron chi connectivity index (χ0n) is 15.0. The van der Waals surface area contributed by atoms with E-state index in [0.29, 0.717) is 23.6 Å². The number of carbonyl (C=O) groups is 1. The molecule has 0 aliphatic carbocycles. The molecule has 0 saturated carbocycles. The minimum atomic E-state index is -0.624. The van der Waals surface area contributed by atoms with Crippen molar-refractivity contribution in [1.82, 2.24) is 0 Å². The number of anilines is 1. The lowest BCUT2D eigenvalue weighted by Gasteiger charge is -2.11. The first-order chi connectivity index (χ1) is 13.5. The molecule has 4 nitrogen and oxygen atoms in total. The quantitative estimate of drug-likeness (QED) is 0.454. The van der Waals surface area contributed by atoms with Crippen LogP contribution in [0.2, 0.25) is 5.02 Å². The highest BCUT2D eigenvalue weighted by atomic mass is 35.5. The monoisotopic (exact) mass is 394 g/mol. The van der Waals surface area contributed by atoms with Gasteiger partial charge < -0.3 is 10.1 Å². The van der Waals surface area contributed by atoms with Gasteiger partial charge in [-0.15, -0.1) is 0 Å². The fourth-order valence-corrected chi connectivity index (χ4v) is 2.95. The number of amides is 1. The van der Waals surface area contributed by atoms with Crippen molar-refractivity contribution in [3.05, 3.63) is 76.6 Å². The second-order valence-electron chi connectivity index (χ2n) is 5.88. The molecule has 0 aliphatic rings. The predicted molar refractivity (Wildman–Crippen MR) is 109 cm³/mol. The van der Waals surface area contributed by atoms with Gasteiger partial charge >= 0.3 is 0 Å². The van der Waals surface area contributed by atoms with Gasteiger partial charge in [-0.25, -0.2) is 4.39 Å². The molecule has 0 aliphatic heterocycles. The molecular formula is C22H16ClFN2O2. The van der Waals surface area contributed by atoms with Crippen LogP contribution in [0.4, 0.5) is 10.1 Å². The minimum absolute atomic E-state index is 0.113. The Bertz CT molecular complexity index is 1120. The van der Waals surface area contributed by atoms with Crippen LogP contribution < -0.4 is 10.1 Å². The van der Waals surface area contributed by atoms with E-state index in [1.54, 1.807) is 0 Å². The maximum absolute atomic E-state index is 13.3. The molecule has 3 aromatic rings. The predicted octanol–water partition coefficient (Wildman–Crippen LogP) is 5.58. The highest BCUT2D eigenvalue weighted by Crippen LogP contribution is 2.30. The van der Waals surface area contributed by atoms with Crippen molar-refractivity contribution in [2.24, 2.45) is 0 Å². The van der Waals surface area contributed by atoms with E-state index in [4.69, 9.17) is 16.3 Å². The van der Waals surface area contributed by atoms with Crippen LogP contribution in [0.3, 0.4) is 0 Å². The van der Waals surface area contributed by atoms with E-state index in [-0.39, 0.29) is 10.6 Å². The number of carbonyl (C=O) groups excluding carboxylic acids is 1. The Labute approximate surface area is 166 Å². The highest BCUT2D eigenvalue weighted by molar-refractivity contribution is 6.31. The van der Waals surface area contributed by atoms with E-state index in [0.717, 1.165) is 16.8 Å². The summed E-state index contributed by atoms with van der Waals surface area (Å²) in [6.07, 6.45) is 1.49. The zero-order chi connectivity index (χ0) is 20.1. The van der Waals surface area contributed by atoms with Gasteiger partial charge in [0.05, 0.1) is 11.6 Å². The molecule has 0 spiro atoms. The van der Waals surface area contributed by atoms with Crippen molar-refractivity contribution < 1.29 is 13.9 Å². The van der Waals surface area contributed by atoms with Gasteiger partial charge in [-0.05, 0) is 48.0 Å². The van der Waals surface area contributed by atoms with Gasteiger partial charge in [0.2, 0.25) is 0 Å². The number of hydrogen-bond acceptors (Lipinski definition) is 3. The second-order valence-corrected chi connectivity index (χ2v) is 6.29. The molecule has 0 heterocycles. The van der Waals surface area contributed by atoms with Crippen LogP contribution in [0.1, 0.15) is 12.5 Å². The normalized spacial score (nSPS) is 11.1. The van der Waals surface area contributed by atoms with Crippen LogP contribution in [0.5, 0.6) is 5.75 Å². The molecule has 0 atom stereocenters. The highest BCUT2D eigenvalue weighted by Gasteiger charge is 2.14. The average Bonchev–Trinajstić information content (AvgIpc) is 2.70. The van der Waals surface area contributed by atoms with Gasteiger partial charge in [0.25, 0.3) is 5.91 Å². The van der Waals surface area contributed by atoms with E-state index in [1.165, 1.54) is 18.2 Å². The smallest absolute Gasteiger partial charge is 0.266 e. The molecule has 3 aromatic carbocycles. The minimum Gasteiger partial charge on any atom is -0.493 e. The number of nitriles is 1. The fourth-order valence-electron chi connectivity index (χ4n) is 2.77. The number of rotatable bonds is 5. The summed E-state index contributed by atoms with van der Waals surface area (Å²) in [7, 11) is 0. The Morgan fingerprint density at radius 1 is 1.25 bits per heavy atom. The van der Waals surface area contributed by atoms with Crippen molar-refractivity contribution in [2.75, 3.05) is 11.9 Å². The van der Waals surface area contributed by atoms with Crippen LogP contribution in [-0.2, 0) is 4.79 Å². The largest absolute Gasteiger partial charge is 0.493 e. The van der Waals surface area contributed by atoms with Crippen LogP contribution >= 0.6 is 11.6 Å². The Morgan fingerprint density at radius 3 is 2.75 bits per heavy atom. The van der Waals surface area contributed by atoms with Gasteiger partial charge in [-0.3, -0.25) is 4.79 Å².